The fourth-order valence-electron chi connectivity index (χ4n) is 4.35. The quantitative estimate of drug-likeness (QED) is 0.551. The van der Waals surface area contributed by atoms with Gasteiger partial charge in [0.15, 0.2) is 17.4 Å². The molecule has 4 heterocycles. The standard InChI is InChI=1S/C24H23F2N5O4/c1-14-3-4-18(10-27-14)35-23-19(25)7-16(8-20(23)26)13-34-21-9-22-30-6-5-29(15(2)32)11-17(30)12-31(22)24(33)28-21/h3-4,7-10,17H,5-6,11-13H2,1-2H3. The highest BCUT2D eigenvalue weighted by molar-refractivity contribution is 5.73. The lowest BCUT2D eigenvalue weighted by Gasteiger charge is -2.37. The van der Waals surface area contributed by atoms with Crippen molar-refractivity contribution in [2.45, 2.75) is 33.0 Å². The molecule has 0 bridgehead atoms. The molecule has 35 heavy (non-hydrogen) atoms. The highest BCUT2D eigenvalue weighted by Gasteiger charge is 2.36. The van der Waals surface area contributed by atoms with Gasteiger partial charge in [-0.3, -0.25) is 14.3 Å². The van der Waals surface area contributed by atoms with E-state index in [4.69, 9.17) is 9.47 Å². The van der Waals surface area contributed by atoms with E-state index < -0.39 is 23.1 Å². The number of ether oxygens (including phenoxy) is 2. The second-order valence-corrected chi connectivity index (χ2v) is 8.57. The first-order chi connectivity index (χ1) is 16.8. The number of carbonyl (C=O) groups excluding carboxylic acids is 1. The molecule has 5 rings (SSSR count). The van der Waals surface area contributed by atoms with Crippen LogP contribution in [-0.2, 0) is 17.9 Å². The van der Waals surface area contributed by atoms with Crippen LogP contribution in [0.5, 0.6) is 17.4 Å². The third kappa shape index (κ3) is 4.53. The Morgan fingerprint density at radius 3 is 2.60 bits per heavy atom. The number of aryl methyl sites for hydroxylation is 1. The van der Waals surface area contributed by atoms with Crippen LogP contribution in [0.1, 0.15) is 18.2 Å². The molecule has 3 aromatic rings. The summed E-state index contributed by atoms with van der Waals surface area (Å²) in [5, 5.41) is 0. The van der Waals surface area contributed by atoms with Crippen molar-refractivity contribution in [2.75, 3.05) is 24.5 Å². The normalized spacial score (nSPS) is 16.6. The van der Waals surface area contributed by atoms with Gasteiger partial charge in [0.1, 0.15) is 18.2 Å². The summed E-state index contributed by atoms with van der Waals surface area (Å²) in [6.45, 7) is 5.22. The molecule has 0 radical (unpaired) electrons. The molecule has 1 atom stereocenters. The Hall–Kier alpha value is -4.02. The Morgan fingerprint density at radius 2 is 1.91 bits per heavy atom. The van der Waals surface area contributed by atoms with E-state index in [0.29, 0.717) is 32.0 Å². The topological polar surface area (TPSA) is 89.8 Å². The summed E-state index contributed by atoms with van der Waals surface area (Å²) < 4.78 is 41.6. The third-order valence-electron chi connectivity index (χ3n) is 6.13. The molecular weight excluding hydrogens is 460 g/mol. The van der Waals surface area contributed by atoms with Gasteiger partial charge < -0.3 is 19.3 Å². The summed E-state index contributed by atoms with van der Waals surface area (Å²) in [6, 6.07) is 7.08. The fourth-order valence-corrected chi connectivity index (χ4v) is 4.35. The molecule has 0 saturated carbocycles. The second kappa shape index (κ2) is 8.97. The van der Waals surface area contributed by atoms with Gasteiger partial charge in [-0.25, -0.2) is 13.6 Å². The van der Waals surface area contributed by atoms with E-state index in [2.05, 4.69) is 14.9 Å². The Kier molecular flexibility index (Phi) is 5.83. The van der Waals surface area contributed by atoms with E-state index in [1.165, 1.54) is 13.1 Å². The molecule has 0 aliphatic carbocycles. The monoisotopic (exact) mass is 483 g/mol. The minimum absolute atomic E-state index is 0.00140. The fraction of sp³-hybridized carbons (Fsp3) is 0.333. The van der Waals surface area contributed by atoms with E-state index >= 15 is 0 Å². The highest BCUT2D eigenvalue weighted by Crippen LogP contribution is 2.31. The number of halogens is 2. The van der Waals surface area contributed by atoms with Gasteiger partial charge in [-0.15, -0.1) is 0 Å². The van der Waals surface area contributed by atoms with Crippen LogP contribution in [0.15, 0.2) is 41.3 Å². The van der Waals surface area contributed by atoms with Crippen molar-refractivity contribution in [1.29, 1.82) is 0 Å². The number of anilines is 1. The Labute approximate surface area is 199 Å². The van der Waals surface area contributed by atoms with E-state index in [1.807, 2.05) is 0 Å². The second-order valence-electron chi connectivity index (χ2n) is 8.57. The summed E-state index contributed by atoms with van der Waals surface area (Å²) >= 11 is 0. The Bertz CT molecular complexity index is 1320. The molecule has 1 amide bonds. The maximum atomic E-state index is 14.6. The smallest absolute Gasteiger partial charge is 0.352 e. The number of pyridine rings is 1. The van der Waals surface area contributed by atoms with E-state index in [1.54, 1.807) is 34.6 Å². The zero-order chi connectivity index (χ0) is 24.7. The van der Waals surface area contributed by atoms with Gasteiger partial charge >= 0.3 is 5.69 Å². The van der Waals surface area contributed by atoms with E-state index in [9.17, 15) is 18.4 Å². The minimum Gasteiger partial charge on any atom is -0.473 e. The van der Waals surface area contributed by atoms with Crippen LogP contribution in [0.4, 0.5) is 14.6 Å². The molecule has 182 valence electrons. The predicted octanol–water partition coefficient (Wildman–Crippen LogP) is 2.65. The summed E-state index contributed by atoms with van der Waals surface area (Å²) in [5.74, 6) is -1.40. The van der Waals surface area contributed by atoms with Crippen LogP contribution in [0.3, 0.4) is 0 Å². The van der Waals surface area contributed by atoms with Crippen molar-refractivity contribution < 1.29 is 23.0 Å². The Morgan fingerprint density at radius 1 is 1.14 bits per heavy atom. The third-order valence-corrected chi connectivity index (χ3v) is 6.13. The Balaban J connectivity index is 1.30. The average molecular weight is 483 g/mol. The number of aromatic nitrogens is 3. The zero-order valence-corrected chi connectivity index (χ0v) is 19.2. The lowest BCUT2D eigenvalue weighted by atomic mass is 10.2. The molecule has 1 fully saturated rings. The van der Waals surface area contributed by atoms with Gasteiger partial charge in [-0.2, -0.15) is 4.98 Å². The molecule has 2 aromatic heterocycles. The van der Waals surface area contributed by atoms with Gasteiger partial charge in [0, 0.05) is 38.3 Å². The van der Waals surface area contributed by atoms with Gasteiger partial charge in [0.05, 0.1) is 18.8 Å². The molecular formula is C24H23F2N5O4. The molecule has 0 spiro atoms. The summed E-state index contributed by atoms with van der Waals surface area (Å²) in [7, 11) is 0. The molecule has 2 aliphatic heterocycles. The van der Waals surface area contributed by atoms with Crippen LogP contribution in [0, 0.1) is 18.6 Å². The molecule has 0 N–H and O–H groups in total. The van der Waals surface area contributed by atoms with Crippen molar-refractivity contribution in [2.24, 2.45) is 0 Å². The number of hydrogen-bond donors (Lipinski definition) is 0. The number of piperazine rings is 1. The molecule has 1 aromatic carbocycles. The molecule has 11 heteroatoms. The number of hydrogen-bond acceptors (Lipinski definition) is 7. The van der Waals surface area contributed by atoms with Crippen molar-refractivity contribution in [1.82, 2.24) is 19.4 Å². The van der Waals surface area contributed by atoms with E-state index in [0.717, 1.165) is 17.8 Å². The predicted molar refractivity (Wildman–Crippen MR) is 122 cm³/mol. The average Bonchev–Trinajstić information content (AvgIpc) is 3.20. The first-order valence-corrected chi connectivity index (χ1v) is 11.1. The van der Waals surface area contributed by atoms with Crippen molar-refractivity contribution in [3.05, 3.63) is 69.9 Å². The van der Waals surface area contributed by atoms with Crippen molar-refractivity contribution in [3.63, 3.8) is 0 Å². The number of rotatable bonds is 5. The number of carbonyl (C=O) groups is 1. The van der Waals surface area contributed by atoms with E-state index in [-0.39, 0.29) is 35.7 Å². The SMILES string of the molecule is CC(=O)N1CCN2c3cc(OCc4cc(F)c(Oc5ccc(C)nc5)c(F)c4)nc(=O)n3CC2C1. The maximum absolute atomic E-state index is 14.6. The number of benzene rings is 1. The van der Waals surface area contributed by atoms with Crippen molar-refractivity contribution in [3.8, 4) is 17.4 Å². The highest BCUT2D eigenvalue weighted by atomic mass is 19.1. The van der Waals surface area contributed by atoms with Gasteiger partial charge in [0.2, 0.25) is 11.8 Å². The van der Waals surface area contributed by atoms with Gasteiger partial charge in [-0.1, -0.05) is 0 Å². The number of amides is 1. The van der Waals surface area contributed by atoms with Crippen LogP contribution < -0.4 is 20.1 Å². The first kappa shape index (κ1) is 22.8. The van der Waals surface area contributed by atoms with Gasteiger partial charge in [-0.05, 0) is 36.8 Å². The summed E-state index contributed by atoms with van der Waals surface area (Å²) in [6.07, 6.45) is 1.38. The minimum atomic E-state index is -0.891. The lowest BCUT2D eigenvalue weighted by Crippen LogP contribution is -2.53. The largest absolute Gasteiger partial charge is 0.473 e. The summed E-state index contributed by atoms with van der Waals surface area (Å²) in [5.41, 5.74) is 0.484. The van der Waals surface area contributed by atoms with Crippen LogP contribution in [-0.4, -0.2) is 51.0 Å². The van der Waals surface area contributed by atoms with Crippen LogP contribution in [0.25, 0.3) is 0 Å². The maximum Gasteiger partial charge on any atom is 0.352 e. The summed E-state index contributed by atoms with van der Waals surface area (Å²) in [4.78, 5) is 36.1. The molecule has 1 unspecified atom stereocenters. The molecule has 2 aliphatic rings. The molecule has 9 nitrogen and oxygen atoms in total. The first-order valence-electron chi connectivity index (χ1n) is 11.1. The zero-order valence-electron chi connectivity index (χ0n) is 19.2. The van der Waals surface area contributed by atoms with Gasteiger partial charge in [0.25, 0.3) is 0 Å². The number of nitrogens with zero attached hydrogens (tertiary/aromatic N) is 5. The number of fused-ring (bicyclic) bond motifs is 3. The van der Waals surface area contributed by atoms with Crippen LogP contribution >= 0.6 is 0 Å². The molecule has 1 saturated heterocycles. The van der Waals surface area contributed by atoms with Crippen molar-refractivity contribution >= 4 is 11.7 Å². The van der Waals surface area contributed by atoms with Crippen LogP contribution in [0.2, 0.25) is 0 Å². The lowest BCUT2D eigenvalue weighted by molar-refractivity contribution is -0.129.